The molecule has 5 amide bonds. The maximum atomic E-state index is 13.0. The Morgan fingerprint density at radius 3 is 2.71 bits per heavy atom. The van der Waals surface area contributed by atoms with E-state index in [2.05, 4.69) is 39.9 Å². The number of carbonyl (C=O) groups is 4. The molecule has 1 aromatic carbocycles. The molecule has 1 unspecified atom stereocenters. The number of urea groups is 1. The van der Waals surface area contributed by atoms with Gasteiger partial charge in [-0.25, -0.2) is 10.2 Å². The number of methoxy groups -OCH3 is 1. The molecule has 1 fully saturated rings. The van der Waals surface area contributed by atoms with Gasteiger partial charge in [0.2, 0.25) is 5.54 Å². The van der Waals surface area contributed by atoms with E-state index in [4.69, 9.17) is 4.74 Å². The fourth-order valence-corrected chi connectivity index (χ4v) is 3.57. The summed E-state index contributed by atoms with van der Waals surface area (Å²) >= 11 is 0. The fraction of sp³-hybridized carbons (Fsp3) is 0.250. The number of hydrogen-bond donors (Lipinski definition) is 4. The molecule has 1 atom stereocenters. The lowest BCUT2D eigenvalue weighted by molar-refractivity contribution is -0.122. The maximum Gasteiger partial charge on any atom is 0.323 e. The van der Waals surface area contributed by atoms with Crippen LogP contribution in [0.4, 0.5) is 4.79 Å². The van der Waals surface area contributed by atoms with Gasteiger partial charge in [0.25, 0.3) is 17.7 Å². The van der Waals surface area contributed by atoms with Gasteiger partial charge in [-0.1, -0.05) is 36.6 Å². The molecule has 34 heavy (non-hydrogen) atoms. The van der Waals surface area contributed by atoms with Gasteiger partial charge in [-0.15, -0.1) is 0 Å². The number of amides is 5. The second kappa shape index (κ2) is 10.1. The summed E-state index contributed by atoms with van der Waals surface area (Å²) in [6.45, 7) is 5.47. The highest BCUT2D eigenvalue weighted by Gasteiger charge is 2.48. The first-order chi connectivity index (χ1) is 16.3. The van der Waals surface area contributed by atoms with Crippen molar-refractivity contribution in [3.8, 4) is 17.6 Å². The van der Waals surface area contributed by atoms with Crippen molar-refractivity contribution in [2.75, 3.05) is 20.7 Å². The largest absolute Gasteiger partial charge is 0.497 e. The lowest BCUT2D eigenvalue weighted by atomic mass is 9.98. The van der Waals surface area contributed by atoms with Crippen LogP contribution in [-0.4, -0.2) is 54.9 Å². The van der Waals surface area contributed by atoms with Crippen molar-refractivity contribution in [2.24, 2.45) is 0 Å². The number of allylic oxidation sites excluding steroid dienone is 3. The first kappa shape index (κ1) is 24.3. The highest BCUT2D eigenvalue weighted by Crippen LogP contribution is 2.28. The molecule has 1 saturated heterocycles. The van der Waals surface area contributed by atoms with E-state index in [1.165, 1.54) is 24.2 Å². The second-order valence-corrected chi connectivity index (χ2v) is 7.50. The minimum atomic E-state index is -1.68. The number of ether oxygens (including phenoxy) is 1. The maximum absolute atomic E-state index is 13.0. The van der Waals surface area contributed by atoms with E-state index in [9.17, 15) is 19.2 Å². The Hall–Kier alpha value is -4.36. The summed E-state index contributed by atoms with van der Waals surface area (Å²) in [4.78, 5) is 51.3. The van der Waals surface area contributed by atoms with E-state index in [-0.39, 0.29) is 24.9 Å². The van der Waals surface area contributed by atoms with Gasteiger partial charge in [0, 0.05) is 30.3 Å². The van der Waals surface area contributed by atoms with Crippen molar-refractivity contribution in [2.45, 2.75) is 19.0 Å². The zero-order valence-corrected chi connectivity index (χ0v) is 19.1. The van der Waals surface area contributed by atoms with Crippen LogP contribution in [0.5, 0.6) is 5.75 Å². The van der Waals surface area contributed by atoms with Gasteiger partial charge in [0.1, 0.15) is 5.75 Å². The third kappa shape index (κ3) is 4.84. The Labute approximate surface area is 197 Å². The van der Waals surface area contributed by atoms with Crippen molar-refractivity contribution < 1.29 is 23.9 Å². The van der Waals surface area contributed by atoms with Crippen LogP contribution in [0, 0.1) is 11.8 Å². The highest BCUT2D eigenvalue weighted by atomic mass is 16.5. The molecule has 2 heterocycles. The molecule has 0 radical (unpaired) electrons. The Morgan fingerprint density at radius 2 is 2.12 bits per heavy atom. The van der Waals surface area contributed by atoms with Crippen LogP contribution in [0.2, 0.25) is 0 Å². The molecule has 10 nitrogen and oxygen atoms in total. The summed E-state index contributed by atoms with van der Waals surface area (Å²) < 4.78 is 5.19. The van der Waals surface area contributed by atoms with Crippen molar-refractivity contribution in [3.05, 3.63) is 65.3 Å². The number of carbonyl (C=O) groups excluding carboxylic acids is 4. The molecular formula is C24H25N5O5. The minimum Gasteiger partial charge on any atom is -0.497 e. The number of fused-ring (bicyclic) bond motifs is 1. The molecular weight excluding hydrogens is 438 g/mol. The molecule has 0 aromatic heterocycles. The fourth-order valence-electron chi connectivity index (χ4n) is 3.57. The normalized spacial score (nSPS) is 19.6. The molecule has 2 aliphatic heterocycles. The zero-order valence-electron chi connectivity index (χ0n) is 19.1. The Kier molecular flexibility index (Phi) is 7.18. The van der Waals surface area contributed by atoms with Gasteiger partial charge in [-0.3, -0.25) is 25.1 Å². The number of nitrogens with one attached hydrogen (secondary N) is 4. The molecule has 176 valence electrons. The summed E-state index contributed by atoms with van der Waals surface area (Å²) in [5.41, 5.74) is 5.22. The van der Waals surface area contributed by atoms with Gasteiger partial charge in [0.15, 0.2) is 0 Å². The molecule has 0 saturated carbocycles. The van der Waals surface area contributed by atoms with Crippen LogP contribution in [0.1, 0.15) is 22.8 Å². The molecule has 0 aliphatic carbocycles. The van der Waals surface area contributed by atoms with E-state index in [1.807, 2.05) is 0 Å². The van der Waals surface area contributed by atoms with Crippen LogP contribution in [-0.2, 0) is 16.1 Å². The van der Waals surface area contributed by atoms with Crippen molar-refractivity contribution in [1.82, 2.24) is 26.4 Å². The Balaban J connectivity index is 1.92. The third-order valence-electron chi connectivity index (χ3n) is 5.33. The summed E-state index contributed by atoms with van der Waals surface area (Å²) in [5, 5.41) is 4.73. The van der Waals surface area contributed by atoms with Crippen molar-refractivity contribution >= 4 is 23.8 Å². The lowest BCUT2D eigenvalue weighted by Gasteiger charge is -2.26. The smallest absolute Gasteiger partial charge is 0.323 e. The zero-order chi connectivity index (χ0) is 24.9. The predicted octanol–water partition coefficient (Wildman–Crippen LogP) is 0.542. The monoisotopic (exact) mass is 463 g/mol. The quantitative estimate of drug-likeness (QED) is 0.154. The molecule has 10 heteroatoms. The number of hydrogen-bond acceptors (Lipinski definition) is 6. The molecule has 2 aliphatic rings. The topological polar surface area (TPSA) is 129 Å². The number of benzene rings is 1. The standard InChI is InChI=1S/C24H25N5O5/c1-5-15(11-16(6-2)20(30)28-25-3)9-10-24(22(32)26-23(33)27-24)14-29-13-17-7-8-18(34-4)12-19(17)21(29)31/h5-8,11-12,25H,1,13-14H2,2-4H3,(H,28,30)(H2,26,27,32,33)/b15-11+,16-6+. The number of imide groups is 1. The number of hydrazine groups is 1. The van der Waals surface area contributed by atoms with E-state index in [0.29, 0.717) is 22.5 Å². The summed E-state index contributed by atoms with van der Waals surface area (Å²) in [6.07, 6.45) is 4.51. The van der Waals surface area contributed by atoms with E-state index < -0.39 is 17.5 Å². The third-order valence-corrected chi connectivity index (χ3v) is 5.33. The van der Waals surface area contributed by atoms with Gasteiger partial charge in [-0.05, 0) is 30.7 Å². The summed E-state index contributed by atoms with van der Waals surface area (Å²) in [6, 6.07) is 4.46. The van der Waals surface area contributed by atoms with E-state index >= 15 is 0 Å². The molecule has 3 rings (SSSR count). The summed E-state index contributed by atoms with van der Waals surface area (Å²) in [7, 11) is 3.07. The van der Waals surface area contributed by atoms with Crippen LogP contribution < -0.4 is 26.2 Å². The van der Waals surface area contributed by atoms with Crippen molar-refractivity contribution in [1.29, 1.82) is 0 Å². The summed E-state index contributed by atoms with van der Waals surface area (Å²) in [5.74, 6) is 4.79. The van der Waals surface area contributed by atoms with Gasteiger partial charge in [0.05, 0.1) is 13.7 Å². The Bertz CT molecular complexity index is 1190. The molecule has 0 bridgehead atoms. The minimum absolute atomic E-state index is 0.172. The average molecular weight is 463 g/mol. The lowest BCUT2D eigenvalue weighted by Crippen LogP contribution is -2.54. The van der Waals surface area contributed by atoms with Crippen LogP contribution >= 0.6 is 0 Å². The molecule has 4 N–H and O–H groups in total. The first-order valence-electron chi connectivity index (χ1n) is 10.4. The van der Waals surface area contributed by atoms with Gasteiger partial charge >= 0.3 is 6.03 Å². The average Bonchev–Trinajstić information content (AvgIpc) is 3.28. The van der Waals surface area contributed by atoms with Crippen LogP contribution in [0.15, 0.2) is 54.2 Å². The van der Waals surface area contributed by atoms with Gasteiger partial charge in [-0.2, -0.15) is 0 Å². The SMILES string of the molecule is C=C/C(C#CC1(CN2Cc3ccc(OC)cc3C2=O)NC(=O)NC1=O)=C\C(=C/C)C(=O)NNC. The van der Waals surface area contributed by atoms with Crippen LogP contribution in [0.3, 0.4) is 0 Å². The Morgan fingerprint density at radius 1 is 1.35 bits per heavy atom. The van der Waals surface area contributed by atoms with Crippen molar-refractivity contribution in [3.63, 3.8) is 0 Å². The number of nitrogens with zero attached hydrogens (tertiary/aromatic N) is 1. The predicted molar refractivity (Wildman–Crippen MR) is 124 cm³/mol. The molecule has 1 aromatic rings. The number of rotatable bonds is 7. The second-order valence-electron chi connectivity index (χ2n) is 7.50. The first-order valence-corrected chi connectivity index (χ1v) is 10.4. The van der Waals surface area contributed by atoms with Crippen LogP contribution in [0.25, 0.3) is 0 Å². The molecule has 0 spiro atoms. The highest BCUT2D eigenvalue weighted by molar-refractivity contribution is 6.10. The van der Waals surface area contributed by atoms with E-state index in [1.54, 1.807) is 38.2 Å². The van der Waals surface area contributed by atoms with Gasteiger partial charge < -0.3 is 15.0 Å². The van der Waals surface area contributed by atoms with E-state index in [0.717, 1.165) is 5.56 Å².